The van der Waals surface area contributed by atoms with Gasteiger partial charge in [-0.15, -0.1) is 0 Å². The number of rotatable bonds is 2. The molecule has 2 rings (SSSR count). The van der Waals surface area contributed by atoms with E-state index in [0.717, 1.165) is 11.4 Å². The van der Waals surface area contributed by atoms with Crippen LogP contribution in [0.15, 0.2) is 53.9 Å². The molecule has 0 aliphatic heterocycles. The lowest BCUT2D eigenvalue weighted by Gasteiger charge is -1.99. The zero-order chi connectivity index (χ0) is 12.5. The van der Waals surface area contributed by atoms with E-state index in [0.29, 0.717) is 6.04 Å². The minimum atomic E-state index is 0.373. The van der Waals surface area contributed by atoms with Crippen molar-refractivity contribution in [1.29, 1.82) is 0 Å². The van der Waals surface area contributed by atoms with Gasteiger partial charge in [0.2, 0.25) is 0 Å². The fourth-order valence-corrected chi connectivity index (χ4v) is 1.32. The maximum Gasteiger partial charge on any atom is 0.0591 e. The van der Waals surface area contributed by atoms with Gasteiger partial charge >= 0.3 is 0 Å². The summed E-state index contributed by atoms with van der Waals surface area (Å²) < 4.78 is 0. The van der Waals surface area contributed by atoms with Gasteiger partial charge in [-0.25, -0.2) is 0 Å². The van der Waals surface area contributed by atoms with Crippen LogP contribution in [-0.2, 0) is 0 Å². The van der Waals surface area contributed by atoms with Crippen molar-refractivity contribution in [1.82, 2.24) is 9.97 Å². The van der Waals surface area contributed by atoms with Crippen molar-refractivity contribution in [2.24, 2.45) is 4.99 Å². The maximum absolute atomic E-state index is 4.41. The summed E-state index contributed by atoms with van der Waals surface area (Å²) in [5.74, 6) is 0. The van der Waals surface area contributed by atoms with E-state index < -0.39 is 0 Å². The number of aromatic nitrogens is 2. The van der Waals surface area contributed by atoms with Gasteiger partial charge in [-0.2, -0.15) is 0 Å². The van der Waals surface area contributed by atoms with Crippen molar-refractivity contribution < 1.29 is 0 Å². The number of aliphatic imine (C=N–C) groups is 1. The molecule has 0 atom stereocenters. The van der Waals surface area contributed by atoms with Crippen molar-refractivity contribution in [3.63, 3.8) is 0 Å². The number of H-pyrrole nitrogens is 1. The Hall–Kier alpha value is -1.90. The predicted molar refractivity (Wildman–Crippen MR) is 72.4 cm³/mol. The summed E-state index contributed by atoms with van der Waals surface area (Å²) in [6.45, 7) is 6.17. The minimum Gasteiger partial charge on any atom is -0.360 e. The number of aromatic amines is 1. The molecule has 2 heterocycles. The first kappa shape index (κ1) is 13.2. The van der Waals surface area contributed by atoms with Crippen molar-refractivity contribution >= 4 is 5.71 Å². The van der Waals surface area contributed by atoms with E-state index in [4.69, 9.17) is 0 Å². The van der Waals surface area contributed by atoms with Gasteiger partial charge in [-0.1, -0.05) is 6.07 Å². The number of nitrogens with zero attached hydrogens (tertiary/aromatic N) is 2. The van der Waals surface area contributed by atoms with Gasteiger partial charge in [-0.3, -0.25) is 9.98 Å². The second kappa shape index (κ2) is 7.39. The Balaban J connectivity index is 0.000000202. The lowest BCUT2D eigenvalue weighted by molar-refractivity contribution is 0.835. The van der Waals surface area contributed by atoms with Crippen LogP contribution >= 0.6 is 0 Å². The van der Waals surface area contributed by atoms with E-state index in [1.807, 2.05) is 43.5 Å². The van der Waals surface area contributed by atoms with Crippen molar-refractivity contribution in [2.75, 3.05) is 0 Å². The molecular formula is C14H19N3. The van der Waals surface area contributed by atoms with Crippen LogP contribution in [0, 0.1) is 0 Å². The van der Waals surface area contributed by atoms with Crippen LogP contribution in [0.4, 0.5) is 0 Å². The summed E-state index contributed by atoms with van der Waals surface area (Å²) >= 11 is 0. The smallest absolute Gasteiger partial charge is 0.0591 e. The van der Waals surface area contributed by atoms with Gasteiger partial charge in [-0.05, 0) is 45.0 Å². The normalized spacial score (nSPS) is 10.9. The zero-order valence-electron chi connectivity index (χ0n) is 10.6. The quantitative estimate of drug-likeness (QED) is 0.788. The molecule has 0 aliphatic carbocycles. The highest BCUT2D eigenvalue weighted by molar-refractivity contribution is 5.97. The second-order valence-corrected chi connectivity index (χ2v) is 3.92. The fourth-order valence-electron chi connectivity index (χ4n) is 1.32. The molecule has 0 spiro atoms. The molecule has 0 unspecified atom stereocenters. The first-order valence-electron chi connectivity index (χ1n) is 5.73. The molecule has 17 heavy (non-hydrogen) atoms. The molecule has 3 nitrogen and oxygen atoms in total. The van der Waals surface area contributed by atoms with Crippen LogP contribution in [-0.4, -0.2) is 21.7 Å². The topological polar surface area (TPSA) is 41.0 Å². The van der Waals surface area contributed by atoms with Crippen LogP contribution in [0.25, 0.3) is 0 Å². The Morgan fingerprint density at radius 2 is 1.88 bits per heavy atom. The molecule has 3 heteroatoms. The van der Waals surface area contributed by atoms with Crippen LogP contribution in [0.5, 0.6) is 0 Å². The lowest BCUT2D eigenvalue weighted by atomic mass is 10.3. The number of hydrogen-bond donors (Lipinski definition) is 1. The Bertz CT molecular complexity index is 389. The third-order valence-electron chi connectivity index (χ3n) is 2.01. The van der Waals surface area contributed by atoms with Gasteiger partial charge < -0.3 is 4.98 Å². The molecule has 2 aromatic heterocycles. The Kier molecular flexibility index (Phi) is 5.72. The molecule has 0 bridgehead atoms. The fraction of sp³-hybridized carbons (Fsp3) is 0.286. The minimum absolute atomic E-state index is 0.373. The predicted octanol–water partition coefficient (Wildman–Crippen LogP) is 3.31. The Morgan fingerprint density at radius 1 is 1.18 bits per heavy atom. The van der Waals surface area contributed by atoms with Crippen LogP contribution in [0.2, 0.25) is 0 Å². The van der Waals surface area contributed by atoms with E-state index in [2.05, 4.69) is 28.8 Å². The summed E-state index contributed by atoms with van der Waals surface area (Å²) in [4.78, 5) is 11.3. The molecule has 0 saturated carbocycles. The van der Waals surface area contributed by atoms with Crippen LogP contribution < -0.4 is 0 Å². The zero-order valence-corrected chi connectivity index (χ0v) is 10.6. The molecule has 0 amide bonds. The van der Waals surface area contributed by atoms with E-state index in [-0.39, 0.29) is 0 Å². The standard InChI is InChI=1S/C9H14N2.C5H5N/c1-7(2)11-8(3)9-5-4-6-10-9;1-2-4-6-5-3-1/h4-7,10H,1-3H3;1-5H. The van der Waals surface area contributed by atoms with E-state index in [1.165, 1.54) is 0 Å². The van der Waals surface area contributed by atoms with E-state index in [1.54, 1.807) is 12.4 Å². The van der Waals surface area contributed by atoms with Gasteiger partial charge in [0.15, 0.2) is 0 Å². The lowest BCUT2D eigenvalue weighted by Crippen LogP contribution is -1.99. The van der Waals surface area contributed by atoms with Gasteiger partial charge in [0.05, 0.1) is 11.4 Å². The summed E-state index contributed by atoms with van der Waals surface area (Å²) in [7, 11) is 0. The van der Waals surface area contributed by atoms with Gasteiger partial charge in [0.25, 0.3) is 0 Å². The second-order valence-electron chi connectivity index (χ2n) is 3.92. The van der Waals surface area contributed by atoms with Crippen LogP contribution in [0.3, 0.4) is 0 Å². The molecule has 0 saturated heterocycles. The largest absolute Gasteiger partial charge is 0.360 e. The molecule has 1 N–H and O–H groups in total. The molecular weight excluding hydrogens is 210 g/mol. The highest BCUT2D eigenvalue weighted by atomic mass is 14.8. The third-order valence-corrected chi connectivity index (χ3v) is 2.01. The number of nitrogens with one attached hydrogen (secondary N) is 1. The van der Waals surface area contributed by atoms with E-state index in [9.17, 15) is 0 Å². The average molecular weight is 229 g/mol. The summed E-state index contributed by atoms with van der Waals surface area (Å²) in [5.41, 5.74) is 2.18. The Morgan fingerprint density at radius 3 is 2.24 bits per heavy atom. The first-order chi connectivity index (χ1) is 8.20. The van der Waals surface area contributed by atoms with Gasteiger partial charge in [0, 0.05) is 24.6 Å². The maximum atomic E-state index is 4.41. The van der Waals surface area contributed by atoms with Crippen molar-refractivity contribution in [3.05, 3.63) is 54.6 Å². The average Bonchev–Trinajstić information content (AvgIpc) is 2.85. The summed E-state index contributed by atoms with van der Waals surface area (Å²) in [6.07, 6.45) is 5.41. The molecule has 0 fully saturated rings. The van der Waals surface area contributed by atoms with Gasteiger partial charge in [0.1, 0.15) is 0 Å². The summed E-state index contributed by atoms with van der Waals surface area (Å²) in [6, 6.07) is 10.1. The molecule has 2 aromatic rings. The molecule has 90 valence electrons. The summed E-state index contributed by atoms with van der Waals surface area (Å²) in [5, 5.41) is 0. The highest BCUT2D eigenvalue weighted by Crippen LogP contribution is 1.99. The Labute approximate surface area is 103 Å². The monoisotopic (exact) mass is 229 g/mol. The van der Waals surface area contributed by atoms with Crippen molar-refractivity contribution in [2.45, 2.75) is 26.8 Å². The highest BCUT2D eigenvalue weighted by Gasteiger charge is 1.96. The SMILES string of the molecule is CC(=NC(C)C)c1ccc[nH]1.c1ccncc1. The molecule has 0 aliphatic rings. The van der Waals surface area contributed by atoms with Crippen LogP contribution in [0.1, 0.15) is 26.5 Å². The molecule has 0 aromatic carbocycles. The third kappa shape index (κ3) is 5.66. The van der Waals surface area contributed by atoms with Crippen molar-refractivity contribution in [3.8, 4) is 0 Å². The first-order valence-corrected chi connectivity index (χ1v) is 5.73. The number of hydrogen-bond acceptors (Lipinski definition) is 2. The number of pyridine rings is 1. The van der Waals surface area contributed by atoms with E-state index >= 15 is 0 Å². The molecule has 0 radical (unpaired) electrons.